The summed E-state index contributed by atoms with van der Waals surface area (Å²) >= 11 is 0. The standard InChI is InChI=1S/C11H17N3O/c1-11(4-6-12-8-11)14-9-3-5-13-10(7-9)15-2/h3,5,7,12H,4,6,8H2,1-2H3,(H,13,14). The summed E-state index contributed by atoms with van der Waals surface area (Å²) in [7, 11) is 1.63. The number of rotatable bonds is 3. The molecule has 0 saturated carbocycles. The monoisotopic (exact) mass is 207 g/mol. The normalized spacial score (nSPS) is 25.2. The number of hydrogen-bond acceptors (Lipinski definition) is 4. The van der Waals surface area contributed by atoms with Gasteiger partial charge in [-0.1, -0.05) is 0 Å². The minimum absolute atomic E-state index is 0.145. The van der Waals surface area contributed by atoms with E-state index in [1.165, 1.54) is 0 Å². The van der Waals surface area contributed by atoms with Gasteiger partial charge in [0.1, 0.15) is 0 Å². The molecule has 1 fully saturated rings. The van der Waals surface area contributed by atoms with Gasteiger partial charge in [-0.15, -0.1) is 0 Å². The summed E-state index contributed by atoms with van der Waals surface area (Å²) < 4.78 is 5.09. The zero-order valence-corrected chi connectivity index (χ0v) is 9.21. The first-order valence-corrected chi connectivity index (χ1v) is 5.21. The van der Waals surface area contributed by atoms with Crippen molar-refractivity contribution < 1.29 is 4.74 Å². The number of pyridine rings is 1. The Kier molecular flexibility index (Phi) is 2.77. The second-order valence-electron chi connectivity index (χ2n) is 4.20. The number of nitrogens with zero attached hydrogens (tertiary/aromatic N) is 1. The number of aromatic nitrogens is 1. The van der Waals surface area contributed by atoms with Crippen molar-refractivity contribution in [1.29, 1.82) is 0 Å². The van der Waals surface area contributed by atoms with Crippen LogP contribution in [0.3, 0.4) is 0 Å². The Morgan fingerprint density at radius 3 is 3.13 bits per heavy atom. The van der Waals surface area contributed by atoms with Crippen molar-refractivity contribution in [2.75, 3.05) is 25.5 Å². The van der Waals surface area contributed by atoms with E-state index < -0.39 is 0 Å². The Balaban J connectivity index is 2.09. The molecule has 4 heteroatoms. The maximum atomic E-state index is 5.09. The van der Waals surface area contributed by atoms with Gasteiger partial charge in [0.05, 0.1) is 7.11 Å². The Labute approximate surface area is 90.0 Å². The molecule has 1 aromatic heterocycles. The van der Waals surface area contributed by atoms with Gasteiger partial charge in [-0.3, -0.25) is 0 Å². The summed E-state index contributed by atoms with van der Waals surface area (Å²) in [5.41, 5.74) is 1.21. The van der Waals surface area contributed by atoms with Gasteiger partial charge < -0.3 is 15.4 Å². The topological polar surface area (TPSA) is 46.2 Å². The quantitative estimate of drug-likeness (QED) is 0.783. The number of ether oxygens (including phenoxy) is 1. The summed E-state index contributed by atoms with van der Waals surface area (Å²) in [4.78, 5) is 4.08. The largest absolute Gasteiger partial charge is 0.481 e. The van der Waals surface area contributed by atoms with Crippen molar-refractivity contribution in [2.45, 2.75) is 18.9 Å². The van der Waals surface area contributed by atoms with Crippen LogP contribution >= 0.6 is 0 Å². The lowest BCUT2D eigenvalue weighted by Gasteiger charge is -2.25. The third-order valence-electron chi connectivity index (χ3n) is 2.76. The average Bonchev–Trinajstić information content (AvgIpc) is 2.65. The molecule has 1 atom stereocenters. The lowest BCUT2D eigenvalue weighted by atomic mass is 10.0. The summed E-state index contributed by atoms with van der Waals surface area (Å²) in [6.45, 7) is 4.29. The van der Waals surface area contributed by atoms with E-state index in [4.69, 9.17) is 4.74 Å². The van der Waals surface area contributed by atoms with E-state index in [9.17, 15) is 0 Å². The molecule has 0 aromatic carbocycles. The molecule has 15 heavy (non-hydrogen) atoms. The molecule has 2 rings (SSSR count). The van der Waals surface area contributed by atoms with Gasteiger partial charge in [0.2, 0.25) is 5.88 Å². The maximum absolute atomic E-state index is 5.09. The van der Waals surface area contributed by atoms with Crippen LogP contribution in [-0.2, 0) is 0 Å². The van der Waals surface area contributed by atoms with Crippen LogP contribution in [-0.4, -0.2) is 30.7 Å². The Morgan fingerprint density at radius 2 is 2.47 bits per heavy atom. The summed E-state index contributed by atoms with van der Waals surface area (Å²) in [5, 5.41) is 6.86. The van der Waals surface area contributed by atoms with E-state index in [1.54, 1.807) is 13.3 Å². The molecular formula is C11H17N3O. The van der Waals surface area contributed by atoms with Crippen molar-refractivity contribution in [3.05, 3.63) is 18.3 Å². The molecule has 1 saturated heterocycles. The zero-order valence-electron chi connectivity index (χ0n) is 9.21. The molecule has 0 spiro atoms. The Hall–Kier alpha value is -1.29. The average molecular weight is 207 g/mol. The van der Waals surface area contributed by atoms with Crippen LogP contribution in [0.15, 0.2) is 18.3 Å². The number of methoxy groups -OCH3 is 1. The van der Waals surface area contributed by atoms with Gasteiger partial charge in [0, 0.05) is 30.0 Å². The van der Waals surface area contributed by atoms with E-state index in [1.807, 2.05) is 12.1 Å². The van der Waals surface area contributed by atoms with E-state index in [-0.39, 0.29) is 5.54 Å². The molecule has 82 valence electrons. The lowest BCUT2D eigenvalue weighted by Crippen LogP contribution is -2.36. The fourth-order valence-corrected chi connectivity index (χ4v) is 1.87. The predicted molar refractivity (Wildman–Crippen MR) is 60.3 cm³/mol. The molecule has 2 heterocycles. The van der Waals surface area contributed by atoms with Crippen LogP contribution in [0.25, 0.3) is 0 Å². The highest BCUT2D eigenvalue weighted by Crippen LogP contribution is 2.22. The fourth-order valence-electron chi connectivity index (χ4n) is 1.87. The van der Waals surface area contributed by atoms with Crippen LogP contribution < -0.4 is 15.4 Å². The van der Waals surface area contributed by atoms with Crippen molar-refractivity contribution in [3.63, 3.8) is 0 Å². The molecule has 1 unspecified atom stereocenters. The summed E-state index contributed by atoms with van der Waals surface area (Å²) in [5.74, 6) is 0.648. The molecule has 0 aliphatic carbocycles. The molecule has 2 N–H and O–H groups in total. The van der Waals surface area contributed by atoms with Crippen LogP contribution in [0.2, 0.25) is 0 Å². The summed E-state index contributed by atoms with van der Waals surface area (Å²) in [6, 6.07) is 3.88. The lowest BCUT2D eigenvalue weighted by molar-refractivity contribution is 0.398. The van der Waals surface area contributed by atoms with Crippen LogP contribution in [0.5, 0.6) is 5.88 Å². The predicted octanol–water partition coefficient (Wildman–Crippen LogP) is 1.25. The van der Waals surface area contributed by atoms with Gasteiger partial charge in [-0.25, -0.2) is 4.98 Å². The molecular weight excluding hydrogens is 190 g/mol. The molecule has 1 aliphatic rings. The highest BCUT2D eigenvalue weighted by atomic mass is 16.5. The van der Waals surface area contributed by atoms with Crippen molar-refractivity contribution in [2.24, 2.45) is 0 Å². The molecule has 4 nitrogen and oxygen atoms in total. The highest BCUT2D eigenvalue weighted by Gasteiger charge is 2.27. The second kappa shape index (κ2) is 4.06. The molecule has 0 radical (unpaired) electrons. The third kappa shape index (κ3) is 2.39. The third-order valence-corrected chi connectivity index (χ3v) is 2.76. The van der Waals surface area contributed by atoms with Crippen LogP contribution in [0.4, 0.5) is 5.69 Å². The second-order valence-corrected chi connectivity index (χ2v) is 4.20. The number of hydrogen-bond donors (Lipinski definition) is 2. The minimum atomic E-state index is 0.145. The minimum Gasteiger partial charge on any atom is -0.481 e. The smallest absolute Gasteiger partial charge is 0.214 e. The van der Waals surface area contributed by atoms with Gasteiger partial charge in [0.15, 0.2) is 0 Å². The van der Waals surface area contributed by atoms with Gasteiger partial charge in [0.25, 0.3) is 0 Å². The summed E-state index contributed by atoms with van der Waals surface area (Å²) in [6.07, 6.45) is 2.89. The Morgan fingerprint density at radius 1 is 1.60 bits per heavy atom. The van der Waals surface area contributed by atoms with Crippen LogP contribution in [0, 0.1) is 0 Å². The first-order valence-electron chi connectivity index (χ1n) is 5.21. The highest BCUT2D eigenvalue weighted by molar-refractivity contribution is 5.47. The first-order chi connectivity index (χ1) is 7.22. The SMILES string of the molecule is COc1cc(NC2(C)CCNC2)ccn1. The van der Waals surface area contributed by atoms with E-state index in [2.05, 4.69) is 22.5 Å². The number of anilines is 1. The van der Waals surface area contributed by atoms with E-state index >= 15 is 0 Å². The van der Waals surface area contributed by atoms with Crippen LogP contribution in [0.1, 0.15) is 13.3 Å². The molecule has 1 aromatic rings. The Bertz CT molecular complexity index is 334. The van der Waals surface area contributed by atoms with Gasteiger partial charge in [-0.05, 0) is 26.0 Å². The zero-order chi connectivity index (χ0) is 10.7. The first kappa shape index (κ1) is 10.2. The van der Waals surface area contributed by atoms with E-state index in [0.717, 1.165) is 25.2 Å². The molecule has 0 amide bonds. The maximum Gasteiger partial charge on any atom is 0.214 e. The van der Waals surface area contributed by atoms with Gasteiger partial charge in [-0.2, -0.15) is 0 Å². The molecule has 0 bridgehead atoms. The number of nitrogens with one attached hydrogen (secondary N) is 2. The van der Waals surface area contributed by atoms with E-state index in [0.29, 0.717) is 5.88 Å². The fraction of sp³-hybridized carbons (Fsp3) is 0.545. The van der Waals surface area contributed by atoms with Crippen molar-refractivity contribution in [1.82, 2.24) is 10.3 Å². The van der Waals surface area contributed by atoms with Crippen molar-refractivity contribution in [3.8, 4) is 5.88 Å². The van der Waals surface area contributed by atoms with Gasteiger partial charge >= 0.3 is 0 Å². The molecule has 1 aliphatic heterocycles. The van der Waals surface area contributed by atoms with Crippen molar-refractivity contribution >= 4 is 5.69 Å².